The molecule has 0 aromatic heterocycles. The number of hydrogen-bond acceptors (Lipinski definition) is 4. The van der Waals surface area contributed by atoms with Gasteiger partial charge in [-0.25, -0.2) is 8.78 Å². The highest BCUT2D eigenvalue weighted by Gasteiger charge is 2.36. The minimum absolute atomic E-state index is 0.0950. The van der Waals surface area contributed by atoms with Crippen molar-refractivity contribution in [1.82, 2.24) is 9.80 Å². The van der Waals surface area contributed by atoms with Crippen molar-refractivity contribution in [3.05, 3.63) is 89.5 Å². The third-order valence-corrected chi connectivity index (χ3v) is 7.90. The molecule has 2 aliphatic heterocycles. The van der Waals surface area contributed by atoms with Gasteiger partial charge in [0.25, 0.3) is 11.8 Å². The van der Waals surface area contributed by atoms with E-state index < -0.39 is 17.2 Å². The van der Waals surface area contributed by atoms with E-state index in [0.29, 0.717) is 61.5 Å². The Bertz CT molecular complexity index is 1460. The summed E-state index contributed by atoms with van der Waals surface area (Å²) in [7, 11) is 0. The minimum atomic E-state index is -1.09. The van der Waals surface area contributed by atoms with Crippen molar-refractivity contribution < 1.29 is 27.9 Å². The summed E-state index contributed by atoms with van der Waals surface area (Å²) in [6.07, 6.45) is 2.50. The zero-order valence-corrected chi connectivity index (χ0v) is 23.4. The lowest BCUT2D eigenvalue weighted by Crippen LogP contribution is -2.51. The van der Waals surface area contributed by atoms with Gasteiger partial charge in [-0.15, -0.1) is 0 Å². The number of nitrogens with zero attached hydrogens (tertiary/aromatic N) is 2. The Morgan fingerprint density at radius 1 is 0.854 bits per heavy atom. The maximum atomic E-state index is 13.8. The summed E-state index contributed by atoms with van der Waals surface area (Å²) in [5, 5.41) is 0. The van der Waals surface area contributed by atoms with Gasteiger partial charge in [0, 0.05) is 50.5 Å². The van der Waals surface area contributed by atoms with Crippen LogP contribution in [0.5, 0.6) is 5.75 Å². The number of carbonyl (C=O) groups excluding carboxylic acids is 3. The number of amides is 2. The Hall–Kier alpha value is -4.07. The molecule has 3 aromatic rings. The number of hydrogen-bond donors (Lipinski definition) is 0. The molecule has 0 saturated carbocycles. The lowest BCUT2D eigenvalue weighted by molar-refractivity contribution is -0.147. The van der Waals surface area contributed by atoms with Crippen molar-refractivity contribution in [2.45, 2.75) is 51.0 Å². The van der Waals surface area contributed by atoms with Crippen LogP contribution >= 0.6 is 0 Å². The summed E-state index contributed by atoms with van der Waals surface area (Å²) in [5.41, 5.74) is 1.57. The van der Waals surface area contributed by atoms with Gasteiger partial charge in [0.05, 0.1) is 0 Å². The summed E-state index contributed by atoms with van der Waals surface area (Å²) in [6, 6.07) is 18.4. The van der Waals surface area contributed by atoms with Crippen LogP contribution in [0, 0.1) is 11.6 Å². The monoisotopic (exact) mass is 560 g/mol. The normalized spacial score (nSPS) is 17.9. The molecule has 0 bridgehead atoms. The predicted octanol–water partition coefficient (Wildman–Crippen LogP) is 6.00. The van der Waals surface area contributed by atoms with Crippen LogP contribution in [0.25, 0.3) is 11.1 Å². The number of Topliss-reactive ketones (excluding diaryl/α,β-unsaturated/α-hetero) is 1. The molecule has 3 aromatic carbocycles. The number of ketones is 1. The average Bonchev–Trinajstić information content (AvgIpc) is 2.98. The van der Waals surface area contributed by atoms with Gasteiger partial charge in [0.15, 0.2) is 17.2 Å². The Morgan fingerprint density at radius 3 is 2.34 bits per heavy atom. The molecule has 2 amide bonds. The molecule has 5 rings (SSSR count). The topological polar surface area (TPSA) is 66.9 Å². The predicted molar refractivity (Wildman–Crippen MR) is 152 cm³/mol. The lowest BCUT2D eigenvalue weighted by atomic mass is 9.90. The van der Waals surface area contributed by atoms with Gasteiger partial charge in [-0.05, 0) is 79.8 Å². The molecular weight excluding hydrogens is 526 g/mol. The number of halogens is 2. The average molecular weight is 561 g/mol. The Balaban J connectivity index is 1.27. The Kier molecular flexibility index (Phi) is 8.20. The fourth-order valence-electron chi connectivity index (χ4n) is 5.63. The zero-order chi connectivity index (χ0) is 29.1. The van der Waals surface area contributed by atoms with Crippen molar-refractivity contribution in [2.24, 2.45) is 0 Å². The molecular formula is C33H34F2N2O4. The molecule has 41 heavy (non-hydrogen) atoms. The van der Waals surface area contributed by atoms with Gasteiger partial charge in [-0.2, -0.15) is 0 Å². The van der Waals surface area contributed by atoms with Gasteiger partial charge in [0.1, 0.15) is 11.5 Å². The second-order valence-electron chi connectivity index (χ2n) is 11.3. The molecule has 0 N–H and O–H groups in total. The Labute approximate surface area is 238 Å². The number of likely N-dealkylation sites (tertiary alicyclic amines) is 2. The van der Waals surface area contributed by atoms with Crippen molar-refractivity contribution in [2.75, 3.05) is 26.2 Å². The second-order valence-corrected chi connectivity index (χ2v) is 11.3. The molecule has 214 valence electrons. The number of carbonyl (C=O) groups is 3. The fraction of sp³-hybridized carbons (Fsp3) is 0.364. The number of rotatable bonds is 6. The van der Waals surface area contributed by atoms with Crippen molar-refractivity contribution in [1.29, 1.82) is 0 Å². The van der Waals surface area contributed by atoms with Gasteiger partial charge >= 0.3 is 0 Å². The maximum Gasteiger partial charge on any atom is 0.266 e. The number of piperidine rings is 2. The highest BCUT2D eigenvalue weighted by Crippen LogP contribution is 2.32. The van der Waals surface area contributed by atoms with Crippen LogP contribution in [0.15, 0.2) is 66.7 Å². The van der Waals surface area contributed by atoms with E-state index >= 15 is 0 Å². The van der Waals surface area contributed by atoms with E-state index in [1.54, 1.807) is 43.0 Å². The van der Waals surface area contributed by atoms with Crippen LogP contribution in [0.4, 0.5) is 8.78 Å². The maximum absolute atomic E-state index is 13.8. The van der Waals surface area contributed by atoms with Crippen molar-refractivity contribution >= 4 is 17.6 Å². The van der Waals surface area contributed by atoms with Crippen LogP contribution in [-0.2, 0) is 9.59 Å². The molecule has 8 heteroatoms. The third kappa shape index (κ3) is 6.47. The first-order chi connectivity index (χ1) is 19.6. The largest absolute Gasteiger partial charge is 0.478 e. The molecule has 0 aliphatic carbocycles. The standard InChI is InChI=1S/C33H34F2N2O4/c1-33(2,32(40)36-16-13-27(38)14-17-36)41-28-10-4-7-23(19-28)26-9-5-15-37(21-26)31(39)25-8-3-6-22(18-25)24-11-12-29(34)30(35)20-24/h3-4,6-8,10-12,18-20,26H,5,9,13-17,21H2,1-2H3. The first-order valence-corrected chi connectivity index (χ1v) is 14.1. The third-order valence-electron chi connectivity index (χ3n) is 7.90. The van der Waals surface area contributed by atoms with E-state index in [9.17, 15) is 23.2 Å². The fourth-order valence-corrected chi connectivity index (χ4v) is 5.63. The van der Waals surface area contributed by atoms with Gasteiger partial charge in [-0.1, -0.05) is 30.3 Å². The molecule has 0 spiro atoms. The summed E-state index contributed by atoms with van der Waals surface area (Å²) in [5.74, 6) is -1.25. The summed E-state index contributed by atoms with van der Waals surface area (Å²) < 4.78 is 33.4. The van der Waals surface area contributed by atoms with E-state index in [-0.39, 0.29) is 23.5 Å². The van der Waals surface area contributed by atoms with E-state index in [1.165, 1.54) is 6.07 Å². The van der Waals surface area contributed by atoms with Crippen LogP contribution in [0.3, 0.4) is 0 Å². The number of benzene rings is 3. The molecule has 2 saturated heterocycles. The van der Waals surface area contributed by atoms with Crippen molar-refractivity contribution in [3.8, 4) is 16.9 Å². The quantitative estimate of drug-likeness (QED) is 0.371. The van der Waals surface area contributed by atoms with E-state index in [1.807, 2.05) is 29.2 Å². The van der Waals surface area contributed by atoms with E-state index in [0.717, 1.165) is 30.5 Å². The molecule has 2 heterocycles. The smallest absolute Gasteiger partial charge is 0.266 e. The lowest BCUT2D eigenvalue weighted by Gasteiger charge is -2.35. The SMILES string of the molecule is CC(C)(Oc1cccc(C2CCCN(C(=O)c3cccc(-c4ccc(F)c(F)c4)c3)C2)c1)C(=O)N1CCC(=O)CC1. The van der Waals surface area contributed by atoms with Crippen molar-refractivity contribution in [3.63, 3.8) is 0 Å². The van der Waals surface area contributed by atoms with Gasteiger partial charge in [-0.3, -0.25) is 14.4 Å². The van der Waals surface area contributed by atoms with Gasteiger partial charge in [0.2, 0.25) is 0 Å². The van der Waals surface area contributed by atoms with Crippen LogP contribution in [0.1, 0.15) is 61.4 Å². The first-order valence-electron chi connectivity index (χ1n) is 14.1. The summed E-state index contributed by atoms with van der Waals surface area (Å²) in [4.78, 5) is 41.7. The zero-order valence-electron chi connectivity index (χ0n) is 23.4. The van der Waals surface area contributed by atoms with Crippen LogP contribution in [0.2, 0.25) is 0 Å². The highest BCUT2D eigenvalue weighted by atomic mass is 19.2. The minimum Gasteiger partial charge on any atom is -0.478 e. The summed E-state index contributed by atoms with van der Waals surface area (Å²) in [6.45, 7) is 5.48. The second kappa shape index (κ2) is 11.8. The first kappa shape index (κ1) is 28.5. The van der Waals surface area contributed by atoms with Crippen LogP contribution < -0.4 is 4.74 Å². The summed E-state index contributed by atoms with van der Waals surface area (Å²) >= 11 is 0. The van der Waals surface area contributed by atoms with Gasteiger partial charge < -0.3 is 14.5 Å². The van der Waals surface area contributed by atoms with E-state index in [2.05, 4.69) is 0 Å². The molecule has 1 atom stereocenters. The highest BCUT2D eigenvalue weighted by molar-refractivity contribution is 5.95. The molecule has 1 unspecified atom stereocenters. The molecule has 0 radical (unpaired) electrons. The van der Waals surface area contributed by atoms with Crippen LogP contribution in [-0.4, -0.2) is 59.2 Å². The molecule has 2 aliphatic rings. The van der Waals surface area contributed by atoms with E-state index in [4.69, 9.17) is 4.74 Å². The number of ether oxygens (including phenoxy) is 1. The molecule has 2 fully saturated rings. The molecule has 6 nitrogen and oxygen atoms in total. The Morgan fingerprint density at radius 2 is 1.59 bits per heavy atom.